The molecule has 3 heterocycles. The largest absolute Gasteiger partial charge is 0.455 e. The summed E-state index contributed by atoms with van der Waals surface area (Å²) in [6.07, 6.45) is -8.11. The summed E-state index contributed by atoms with van der Waals surface area (Å²) >= 11 is 1.47. The number of amides is 5. The van der Waals surface area contributed by atoms with Gasteiger partial charge >= 0.3 is 11.8 Å². The molecule has 1 aromatic heterocycles. The Bertz CT molecular complexity index is 4080. The number of thioether (sulfide) groups is 1. The number of benzene rings is 3. The Kier molecular flexibility index (Phi) is 51.0. The SMILES string of the molecule is [C-]#[N+]C=C(SC)c1ccc(C(=O)NCCOCCOCCOCCOCCOCCOCCOCCOCCOCCOCCn2cc(CC(OC(=O)N(C)[C@H](C(=O)N[C@H](C(=O)N(C)[C@@H]([C@@H](C)CC)[C@@H](CC(=O)N3CCC[C@H]3[C@H](OC)[C@@H](C)C(=O)C[C@H](C)[C@@H](O)c3ccccc3)OC)C(C)C)C(C)C)c3ccc(OC4OC(OC=O)C(O)C(O)C4O)c([N+](=O)[O-])c3)nn2)cc1. The minimum Gasteiger partial charge on any atom is -0.455 e. The number of nitro benzene ring substituents is 1. The second kappa shape index (κ2) is 60.4. The van der Waals surface area contributed by atoms with Crippen molar-refractivity contribution in [2.24, 2.45) is 29.6 Å². The third kappa shape index (κ3) is 36.0. The van der Waals surface area contributed by atoms with Gasteiger partial charge in [0, 0.05) is 82.9 Å². The number of Topliss-reactive ketones (excluding diaryl/α,β-unsaturated/α-hetero) is 1. The molecule has 16 atom stereocenters. The van der Waals surface area contributed by atoms with Gasteiger partial charge in [0.05, 0.1) is 193 Å². The van der Waals surface area contributed by atoms with Gasteiger partial charge in [-0.25, -0.2) is 14.3 Å². The van der Waals surface area contributed by atoms with Gasteiger partial charge in [-0.05, 0) is 77.7 Å². The molecular weight excluding hydrogens is 1720 g/mol. The summed E-state index contributed by atoms with van der Waals surface area (Å²) in [5, 5.41) is 70.0. The molecule has 2 aliphatic heterocycles. The molecule has 4 aromatic rings. The first kappa shape index (κ1) is 110. The fourth-order valence-corrected chi connectivity index (χ4v) is 15.5. The maximum Gasteiger partial charge on any atom is 0.410 e. The lowest BCUT2D eigenvalue weighted by Crippen LogP contribution is -2.60. The van der Waals surface area contributed by atoms with E-state index >= 15 is 4.79 Å². The highest BCUT2D eigenvalue weighted by atomic mass is 32.2. The first-order valence-corrected chi connectivity index (χ1v) is 45.3. The Balaban J connectivity index is 0.922. The minimum atomic E-state index is -2.00. The van der Waals surface area contributed by atoms with Crippen LogP contribution in [0.3, 0.4) is 0 Å². The van der Waals surface area contributed by atoms with Crippen molar-refractivity contribution < 1.29 is 135 Å². The fourth-order valence-electron chi connectivity index (χ4n) is 15.0. The number of ketones is 1. The molecule has 3 aromatic carbocycles. The monoisotopic (exact) mass is 1850 g/mol. The Morgan fingerprint density at radius 3 is 1.75 bits per heavy atom. The van der Waals surface area contributed by atoms with E-state index in [1.807, 2.05) is 69.5 Å². The summed E-state index contributed by atoms with van der Waals surface area (Å²) in [6, 6.07) is 16.0. The third-order valence-corrected chi connectivity index (χ3v) is 23.1. The van der Waals surface area contributed by atoms with Crippen molar-refractivity contribution in [1.29, 1.82) is 0 Å². The molecule has 39 nitrogen and oxygen atoms in total. The lowest BCUT2D eigenvalue weighted by Gasteiger charge is -2.41. The molecule has 2 fully saturated rings. The number of hydrogen-bond acceptors (Lipinski definition) is 32. The Hall–Kier alpha value is -8.81. The van der Waals surface area contributed by atoms with Crippen molar-refractivity contribution in [3.63, 3.8) is 0 Å². The van der Waals surface area contributed by atoms with Gasteiger partial charge in [0.1, 0.15) is 42.3 Å². The number of rotatable bonds is 66. The van der Waals surface area contributed by atoms with Gasteiger partial charge in [-0.2, -0.15) is 0 Å². The second-order valence-corrected chi connectivity index (χ2v) is 33.0. The molecule has 40 heteroatoms. The van der Waals surface area contributed by atoms with Crippen LogP contribution in [0.4, 0.5) is 10.5 Å². The molecule has 2 saturated heterocycles. The summed E-state index contributed by atoms with van der Waals surface area (Å²) < 4.78 is 91.5. The number of likely N-dealkylation sites (tertiary alicyclic amines) is 1. The lowest BCUT2D eigenvalue weighted by atomic mass is 9.85. The zero-order chi connectivity index (χ0) is 95.0. The molecule has 6 N–H and O–H groups in total. The molecule has 0 radical (unpaired) electrons. The van der Waals surface area contributed by atoms with E-state index in [1.165, 1.54) is 54.9 Å². The van der Waals surface area contributed by atoms with Crippen LogP contribution >= 0.6 is 11.8 Å². The van der Waals surface area contributed by atoms with E-state index in [1.54, 1.807) is 64.9 Å². The van der Waals surface area contributed by atoms with Gasteiger partial charge in [-0.15, -0.1) is 16.9 Å². The van der Waals surface area contributed by atoms with Crippen LogP contribution in [0.25, 0.3) is 9.75 Å². The van der Waals surface area contributed by atoms with E-state index in [0.29, 0.717) is 156 Å². The zero-order valence-corrected chi connectivity index (χ0v) is 77.9. The van der Waals surface area contributed by atoms with Gasteiger partial charge in [0.2, 0.25) is 30.3 Å². The quantitative estimate of drug-likeness (QED) is 0.00909. The van der Waals surface area contributed by atoms with Gasteiger partial charge < -0.3 is 112 Å². The zero-order valence-electron chi connectivity index (χ0n) is 77.0. The van der Waals surface area contributed by atoms with Crippen LogP contribution in [0.2, 0.25) is 0 Å². The topological polar surface area (TPSA) is 460 Å². The summed E-state index contributed by atoms with van der Waals surface area (Å²) in [6.45, 7) is 29.4. The Labute approximate surface area is 765 Å². The van der Waals surface area contributed by atoms with Crippen LogP contribution in [0.1, 0.15) is 132 Å². The van der Waals surface area contributed by atoms with Gasteiger partial charge in [0.25, 0.3) is 12.4 Å². The van der Waals surface area contributed by atoms with E-state index < -0.39 is 137 Å². The number of nitrogens with one attached hydrogen (secondary N) is 2. The van der Waals surface area contributed by atoms with Crippen LogP contribution in [-0.4, -0.2) is 344 Å². The highest BCUT2D eigenvalue weighted by Gasteiger charge is 2.48. The normalized spacial score (nSPS) is 18.8. The average Bonchev–Trinajstić information content (AvgIpc) is 1.59. The first-order chi connectivity index (χ1) is 62.5. The third-order valence-electron chi connectivity index (χ3n) is 22.3. The Morgan fingerprint density at radius 2 is 1.24 bits per heavy atom. The van der Waals surface area contributed by atoms with Crippen LogP contribution in [0.5, 0.6) is 5.75 Å². The van der Waals surface area contributed by atoms with Crippen LogP contribution in [-0.2, 0) is 108 Å². The maximum absolute atomic E-state index is 15.1. The molecule has 5 amide bonds. The molecule has 130 heavy (non-hydrogen) atoms. The highest BCUT2D eigenvalue weighted by molar-refractivity contribution is 8.07. The molecule has 0 aliphatic carbocycles. The molecule has 6 rings (SSSR count). The molecule has 2 aliphatic rings. The smallest absolute Gasteiger partial charge is 0.410 e. The standard InChI is InChI=1S/C90H136N10O29S/c1-15-61(6)79(74(114-12)55-76(103)99-30-19-22-69(99)84(115-13)63(8)71(102)52-62(7)80(104)65-20-17-16-18-21-65)96(10)87(110)77(59(2)3)93-86(109)78(60(4)5)97(11)90(111)128-73(67-27-28-72(70(53-67)100(112)113)127-89-83(107)81(105)82(106)88(129-89)126-58-101)54-68-57-98(95-94-68)31-33-117-35-37-119-39-41-121-43-45-123-47-49-125-51-50-124-48-46-122-44-42-120-40-38-118-36-34-116-32-29-92-85(108)66-25-23-64(24-26-66)75(130-14)56-91-9/h16-18,20-21,23-28,53,56-63,69,73-74,77-84,88-89,104-107H,15,19,22,29-52,54-55H2,1-8,10-14H3,(H,92,108)(H,93,109)/t61-,62-,63-,69-,73?,74+,77-,78-,79-,80+,81?,82?,83?,84+,88?,89?/m0/s1. The average molecular weight is 1850 g/mol. The number of carbonyl (C=O) groups is 7. The maximum atomic E-state index is 15.1. The van der Waals surface area contributed by atoms with Gasteiger partial charge in [-0.3, -0.25) is 48.5 Å². The number of nitro groups is 1. The van der Waals surface area contributed by atoms with Crippen LogP contribution < -0.4 is 15.4 Å². The van der Waals surface area contributed by atoms with E-state index in [2.05, 4.69) is 25.8 Å². The predicted octanol–water partition coefficient (Wildman–Crippen LogP) is 6.45. The first-order valence-electron chi connectivity index (χ1n) is 44.1. The van der Waals surface area contributed by atoms with E-state index in [0.717, 1.165) is 27.5 Å². The number of methoxy groups -OCH3 is 2. The second-order valence-electron chi connectivity index (χ2n) is 32.1. The summed E-state index contributed by atoms with van der Waals surface area (Å²) in [5.41, 5.74) is 1.61. The van der Waals surface area contributed by atoms with Crippen molar-refractivity contribution >= 4 is 64.3 Å². The lowest BCUT2D eigenvalue weighted by molar-refractivity contribution is -0.387. The number of nitrogens with zero attached hydrogens (tertiary/aromatic N) is 8. The van der Waals surface area contributed by atoms with Crippen molar-refractivity contribution in [2.75, 3.05) is 180 Å². The van der Waals surface area contributed by atoms with Crippen molar-refractivity contribution in [3.05, 3.63) is 135 Å². The molecule has 0 saturated carbocycles. The summed E-state index contributed by atoms with van der Waals surface area (Å²) in [7, 11) is 5.92. The number of ether oxygens (including phenoxy) is 16. The number of aliphatic hydroxyl groups excluding tert-OH is 4. The number of likely N-dealkylation sites (N-methyl/N-ethyl adjacent to an activating group) is 2. The van der Waals surface area contributed by atoms with Crippen molar-refractivity contribution in [1.82, 2.24) is 40.3 Å². The Morgan fingerprint density at radius 1 is 0.692 bits per heavy atom. The number of hydrogen-bond donors (Lipinski definition) is 6. The minimum absolute atomic E-state index is 0.00515. The predicted molar refractivity (Wildman–Crippen MR) is 475 cm³/mol. The number of aliphatic hydroxyl groups is 4. The number of aromatic nitrogens is 3. The fraction of sp³-hybridized carbons (Fsp3) is 0.667. The van der Waals surface area contributed by atoms with Gasteiger partial charge in [0.15, 0.2) is 11.9 Å². The summed E-state index contributed by atoms with van der Waals surface area (Å²) in [5.74, 6) is -4.75. The molecule has 726 valence electrons. The highest BCUT2D eigenvalue weighted by Crippen LogP contribution is 2.38. The van der Waals surface area contributed by atoms with Crippen LogP contribution in [0, 0.1) is 46.3 Å². The molecule has 0 spiro atoms. The van der Waals surface area contributed by atoms with E-state index in [9.17, 15) is 59.3 Å². The van der Waals surface area contributed by atoms with Gasteiger partial charge in [-0.1, -0.05) is 116 Å². The van der Waals surface area contributed by atoms with Crippen molar-refractivity contribution in [3.8, 4) is 5.75 Å². The molecule has 6 unspecified atom stereocenters. The molecule has 0 bridgehead atoms. The van der Waals surface area contributed by atoms with Crippen molar-refractivity contribution in [2.45, 2.75) is 180 Å². The van der Waals surface area contributed by atoms with E-state index in [4.69, 9.17) is 82.4 Å². The summed E-state index contributed by atoms with van der Waals surface area (Å²) in [4.78, 5) is 118. The van der Waals surface area contributed by atoms with E-state index in [-0.39, 0.29) is 86.9 Å². The number of carbonyl (C=O) groups excluding carboxylic acids is 7. The molecular formula is C90H136N10O29S. The van der Waals surface area contributed by atoms with Crippen LogP contribution in [0.15, 0.2) is 85.2 Å².